The van der Waals surface area contributed by atoms with Gasteiger partial charge in [-0.15, -0.1) is 0 Å². The molecule has 54 heavy (non-hydrogen) atoms. The molecule has 5 aromatic rings. The van der Waals surface area contributed by atoms with Gasteiger partial charge in [0.1, 0.15) is 12.2 Å². The Bertz CT molecular complexity index is 2220. The highest BCUT2D eigenvalue weighted by Gasteiger charge is 2.40. The van der Waals surface area contributed by atoms with Crippen molar-refractivity contribution in [2.75, 3.05) is 29.5 Å². The van der Waals surface area contributed by atoms with E-state index in [1.54, 1.807) is 36.4 Å². The third-order valence-electron chi connectivity index (χ3n) is 10.3. The van der Waals surface area contributed by atoms with Crippen LogP contribution in [0.2, 0.25) is 10.0 Å². The second-order valence-corrected chi connectivity index (χ2v) is 14.4. The number of halogens is 2. The molecule has 8 nitrogen and oxygen atoms in total. The fraction of sp³-hybridized carbons (Fsp3) is 0.205. The summed E-state index contributed by atoms with van der Waals surface area (Å²) in [4.78, 5) is 44.9. The third-order valence-corrected chi connectivity index (χ3v) is 10.9. The standard InChI is InChI=1S/C44H37Cl2N3O5/c1-2-53-40-22-27(13-16-39(40)54-26-30-14-15-31(45)23-38(30)46)21-37-42(50)47-44(52)49(43(37)51)32-24-35-33(28-9-5-3-6-10-28)17-19-48-20-18-34(36(25-32)41(35)48)29-11-7-4-8-12-29/h3-16,21-25,33-34H,2,17-20,26H2,1H3,(H,47,50,52)/b37-21+/t33-,34-/m0/s1. The molecule has 1 fully saturated rings. The number of rotatable bonds is 9. The lowest BCUT2D eigenvalue weighted by molar-refractivity contribution is -0.122. The normalized spacial score (nSPS) is 18.7. The Labute approximate surface area is 323 Å². The Morgan fingerprint density at radius 2 is 1.41 bits per heavy atom. The minimum atomic E-state index is -0.787. The van der Waals surface area contributed by atoms with Crippen LogP contribution in [0.1, 0.15) is 65.0 Å². The average Bonchev–Trinajstić information content (AvgIpc) is 3.17. The zero-order valence-corrected chi connectivity index (χ0v) is 31.1. The van der Waals surface area contributed by atoms with Crippen molar-refractivity contribution in [3.8, 4) is 11.5 Å². The topological polar surface area (TPSA) is 88.2 Å². The highest BCUT2D eigenvalue weighted by molar-refractivity contribution is 6.39. The van der Waals surface area contributed by atoms with Gasteiger partial charge in [0.05, 0.1) is 12.3 Å². The predicted octanol–water partition coefficient (Wildman–Crippen LogP) is 9.52. The van der Waals surface area contributed by atoms with E-state index in [1.807, 2.05) is 55.5 Å². The van der Waals surface area contributed by atoms with Crippen molar-refractivity contribution in [2.45, 2.75) is 38.2 Å². The van der Waals surface area contributed by atoms with Crippen LogP contribution >= 0.6 is 23.2 Å². The van der Waals surface area contributed by atoms with E-state index in [2.05, 4.69) is 34.5 Å². The smallest absolute Gasteiger partial charge is 0.335 e. The maximum atomic E-state index is 14.4. The molecule has 8 rings (SSSR count). The molecule has 4 amide bonds. The maximum Gasteiger partial charge on any atom is 0.335 e. The monoisotopic (exact) mass is 757 g/mol. The van der Waals surface area contributed by atoms with Gasteiger partial charge in [-0.2, -0.15) is 0 Å². The summed E-state index contributed by atoms with van der Waals surface area (Å²) < 4.78 is 11.9. The molecule has 0 saturated carbocycles. The van der Waals surface area contributed by atoms with E-state index in [0.29, 0.717) is 39.4 Å². The van der Waals surface area contributed by atoms with Crippen LogP contribution in [0.4, 0.5) is 16.2 Å². The largest absolute Gasteiger partial charge is 0.490 e. The number of imide groups is 2. The van der Waals surface area contributed by atoms with Crippen LogP contribution in [-0.2, 0) is 16.2 Å². The summed E-state index contributed by atoms with van der Waals surface area (Å²) in [5.41, 5.74) is 7.18. The van der Waals surface area contributed by atoms with Gasteiger partial charge in [-0.3, -0.25) is 14.9 Å². The average molecular weight is 759 g/mol. The highest BCUT2D eigenvalue weighted by atomic mass is 35.5. The number of nitrogens with one attached hydrogen (secondary N) is 1. The Kier molecular flexibility index (Phi) is 9.88. The van der Waals surface area contributed by atoms with Crippen molar-refractivity contribution in [3.05, 3.63) is 158 Å². The first-order valence-electron chi connectivity index (χ1n) is 18.1. The molecule has 2 atom stereocenters. The quantitative estimate of drug-likeness (QED) is 0.119. The van der Waals surface area contributed by atoms with E-state index < -0.39 is 17.8 Å². The second-order valence-electron chi connectivity index (χ2n) is 13.6. The zero-order valence-electron chi connectivity index (χ0n) is 29.6. The summed E-state index contributed by atoms with van der Waals surface area (Å²) >= 11 is 12.4. The van der Waals surface area contributed by atoms with E-state index in [-0.39, 0.29) is 24.0 Å². The minimum Gasteiger partial charge on any atom is -0.490 e. The number of benzene rings is 5. The van der Waals surface area contributed by atoms with E-state index >= 15 is 0 Å². The van der Waals surface area contributed by atoms with Gasteiger partial charge in [0.15, 0.2) is 11.5 Å². The number of hydrogen-bond donors (Lipinski definition) is 1. The van der Waals surface area contributed by atoms with Crippen LogP contribution in [0.15, 0.2) is 115 Å². The van der Waals surface area contributed by atoms with Gasteiger partial charge < -0.3 is 14.4 Å². The van der Waals surface area contributed by atoms with Crippen molar-refractivity contribution in [2.24, 2.45) is 0 Å². The molecule has 0 aliphatic carbocycles. The fourth-order valence-electron chi connectivity index (χ4n) is 7.82. The van der Waals surface area contributed by atoms with E-state index in [9.17, 15) is 14.4 Å². The van der Waals surface area contributed by atoms with Crippen LogP contribution in [-0.4, -0.2) is 37.5 Å². The molecule has 1 N–H and O–H groups in total. The molecule has 5 aromatic carbocycles. The molecule has 0 bridgehead atoms. The van der Waals surface area contributed by atoms with E-state index in [4.69, 9.17) is 32.7 Å². The Balaban J connectivity index is 1.17. The van der Waals surface area contributed by atoms with Gasteiger partial charge in [-0.1, -0.05) is 96.0 Å². The predicted molar refractivity (Wildman–Crippen MR) is 212 cm³/mol. The van der Waals surface area contributed by atoms with Gasteiger partial charge in [0.25, 0.3) is 11.8 Å². The van der Waals surface area contributed by atoms with Gasteiger partial charge in [0.2, 0.25) is 0 Å². The van der Waals surface area contributed by atoms with Crippen molar-refractivity contribution < 1.29 is 23.9 Å². The van der Waals surface area contributed by atoms with Crippen LogP contribution in [0.5, 0.6) is 11.5 Å². The summed E-state index contributed by atoms with van der Waals surface area (Å²) in [6.45, 7) is 4.19. The summed E-state index contributed by atoms with van der Waals surface area (Å²) in [5, 5.41) is 3.43. The zero-order chi connectivity index (χ0) is 37.3. The molecule has 0 radical (unpaired) electrons. The van der Waals surface area contributed by atoms with Crippen LogP contribution in [0.3, 0.4) is 0 Å². The second kappa shape index (κ2) is 15.0. The van der Waals surface area contributed by atoms with E-state index in [0.717, 1.165) is 47.5 Å². The number of carbonyl (C=O) groups is 3. The third kappa shape index (κ3) is 6.83. The molecule has 3 aliphatic heterocycles. The first-order valence-corrected chi connectivity index (χ1v) is 18.8. The number of barbiturate groups is 1. The van der Waals surface area contributed by atoms with Crippen LogP contribution in [0, 0.1) is 0 Å². The van der Waals surface area contributed by atoms with Gasteiger partial charge in [-0.05, 0) is 90.1 Å². The molecule has 0 spiro atoms. The SMILES string of the molecule is CCOc1cc(/C=C2\C(=O)NC(=O)N(c3cc4c5c(c3)[C@H](c3ccccc3)CCN5CC[C@H]4c3ccccc3)C2=O)ccc1OCc1ccc(Cl)cc1Cl. The number of hydrogen-bond acceptors (Lipinski definition) is 6. The Morgan fingerprint density at radius 3 is 2.02 bits per heavy atom. The number of anilines is 2. The van der Waals surface area contributed by atoms with Crippen molar-refractivity contribution in [3.63, 3.8) is 0 Å². The number of amides is 4. The molecule has 0 unspecified atom stereocenters. The number of ether oxygens (including phenoxy) is 2. The minimum absolute atomic E-state index is 0.0682. The maximum absolute atomic E-state index is 14.4. The first kappa shape index (κ1) is 35.5. The lowest BCUT2D eigenvalue weighted by Crippen LogP contribution is -2.54. The first-order chi connectivity index (χ1) is 26.3. The Hall–Kier alpha value is -5.57. The van der Waals surface area contributed by atoms with Crippen LogP contribution in [0.25, 0.3) is 6.08 Å². The molecule has 1 saturated heterocycles. The van der Waals surface area contributed by atoms with Gasteiger partial charge in [-0.25, -0.2) is 9.69 Å². The molecule has 10 heteroatoms. The highest BCUT2D eigenvalue weighted by Crippen LogP contribution is 2.50. The van der Waals surface area contributed by atoms with Gasteiger partial charge in [0, 0.05) is 46.2 Å². The molecule has 0 aromatic heterocycles. The summed E-state index contributed by atoms with van der Waals surface area (Å²) in [5.74, 6) is -0.461. The summed E-state index contributed by atoms with van der Waals surface area (Å²) in [6, 6.07) is 34.2. The Morgan fingerprint density at radius 1 is 0.759 bits per heavy atom. The van der Waals surface area contributed by atoms with Gasteiger partial charge >= 0.3 is 6.03 Å². The number of carbonyl (C=O) groups excluding carboxylic acids is 3. The number of urea groups is 1. The van der Waals surface area contributed by atoms with Crippen molar-refractivity contribution in [1.29, 1.82) is 0 Å². The lowest BCUT2D eigenvalue weighted by atomic mass is 9.76. The summed E-state index contributed by atoms with van der Waals surface area (Å²) in [7, 11) is 0. The molecule has 272 valence electrons. The molecule has 3 aliphatic rings. The summed E-state index contributed by atoms with van der Waals surface area (Å²) in [6.07, 6.45) is 3.27. The fourth-order valence-corrected chi connectivity index (χ4v) is 8.29. The number of nitrogens with zero attached hydrogens (tertiary/aromatic N) is 2. The molecule has 3 heterocycles. The lowest BCUT2D eigenvalue weighted by Gasteiger charge is -2.44. The van der Waals surface area contributed by atoms with Crippen molar-refractivity contribution >= 4 is 58.5 Å². The molecular formula is C44H37Cl2N3O5. The molecular weight excluding hydrogens is 721 g/mol. The van der Waals surface area contributed by atoms with Crippen molar-refractivity contribution in [1.82, 2.24) is 5.32 Å². The van der Waals surface area contributed by atoms with E-state index in [1.165, 1.54) is 22.9 Å². The van der Waals surface area contributed by atoms with Crippen LogP contribution < -0.4 is 24.6 Å².